The summed E-state index contributed by atoms with van der Waals surface area (Å²) in [5, 5.41) is 0.380. The van der Waals surface area contributed by atoms with Crippen LogP contribution in [0.4, 0.5) is 5.69 Å². The van der Waals surface area contributed by atoms with E-state index in [0.29, 0.717) is 10.7 Å². The van der Waals surface area contributed by atoms with Gasteiger partial charge in [0.25, 0.3) is 0 Å². The molecule has 0 spiro atoms. The minimum atomic E-state index is -3.39. The number of halogens is 2. The Morgan fingerprint density at radius 2 is 1.94 bits per heavy atom. The Morgan fingerprint density at radius 1 is 1.35 bits per heavy atom. The smallest absolute Gasteiger partial charge is 0.233 e. The van der Waals surface area contributed by atoms with Gasteiger partial charge in [-0.1, -0.05) is 48.3 Å². The molecule has 0 aromatic heterocycles. The molecule has 0 radical (unpaired) electrons. The fourth-order valence-corrected chi connectivity index (χ4v) is 3.65. The molecule has 0 amide bonds. The van der Waals surface area contributed by atoms with Crippen molar-refractivity contribution in [3.05, 3.63) is 27.7 Å². The van der Waals surface area contributed by atoms with Gasteiger partial charge in [-0.15, -0.1) is 0 Å². The fraction of sp³-hybridized carbons (Fsp3) is 0.455. The van der Waals surface area contributed by atoms with Crippen LogP contribution in [0.25, 0.3) is 0 Å². The second-order valence-electron chi connectivity index (χ2n) is 5.05. The van der Waals surface area contributed by atoms with Gasteiger partial charge in [0.2, 0.25) is 10.0 Å². The molecular formula is C11H15BrClNO2S. The topological polar surface area (TPSA) is 46.2 Å². The molecule has 0 bridgehead atoms. The van der Waals surface area contributed by atoms with Gasteiger partial charge in [-0.05, 0) is 23.6 Å². The van der Waals surface area contributed by atoms with E-state index in [-0.39, 0.29) is 11.2 Å². The van der Waals surface area contributed by atoms with Crippen LogP contribution in [-0.4, -0.2) is 14.2 Å². The Bertz CT molecular complexity index is 509. The average Bonchev–Trinajstić information content (AvgIpc) is 2.06. The van der Waals surface area contributed by atoms with Gasteiger partial charge in [0.1, 0.15) is 0 Å². The average molecular weight is 341 g/mol. The molecule has 3 nitrogen and oxygen atoms in total. The second kappa shape index (κ2) is 5.16. The summed E-state index contributed by atoms with van der Waals surface area (Å²) < 4.78 is 27.1. The lowest BCUT2D eigenvalue weighted by Gasteiger charge is -2.19. The summed E-state index contributed by atoms with van der Waals surface area (Å²) in [6.45, 7) is 5.61. The molecule has 1 N–H and O–H groups in total. The molecule has 0 saturated carbocycles. The zero-order valence-corrected chi connectivity index (χ0v) is 13.1. The van der Waals surface area contributed by atoms with Crippen LogP contribution in [0.1, 0.15) is 20.8 Å². The molecular weight excluding hydrogens is 326 g/mol. The molecule has 96 valence electrons. The van der Waals surface area contributed by atoms with Crippen molar-refractivity contribution in [1.29, 1.82) is 0 Å². The quantitative estimate of drug-likeness (QED) is 0.907. The van der Waals surface area contributed by atoms with Gasteiger partial charge < -0.3 is 0 Å². The highest BCUT2D eigenvalue weighted by atomic mass is 79.9. The number of sulfonamides is 1. The molecule has 1 rings (SSSR count). The fourth-order valence-electron chi connectivity index (χ4n) is 1.35. The largest absolute Gasteiger partial charge is 0.282 e. The third kappa shape index (κ3) is 5.27. The summed E-state index contributed by atoms with van der Waals surface area (Å²) in [5.41, 5.74) is 0.0925. The molecule has 1 aromatic carbocycles. The first kappa shape index (κ1) is 14.8. The summed E-state index contributed by atoms with van der Waals surface area (Å²) in [6.07, 6.45) is 0. The molecule has 0 aliphatic rings. The van der Waals surface area contributed by atoms with Crippen LogP contribution in [0, 0.1) is 5.41 Å². The number of hydrogen-bond acceptors (Lipinski definition) is 2. The first-order valence-electron chi connectivity index (χ1n) is 5.05. The normalized spacial score (nSPS) is 12.5. The molecule has 0 atom stereocenters. The van der Waals surface area contributed by atoms with Crippen LogP contribution in [0.2, 0.25) is 5.02 Å². The van der Waals surface area contributed by atoms with Crippen molar-refractivity contribution < 1.29 is 8.42 Å². The van der Waals surface area contributed by atoms with Gasteiger partial charge in [-0.25, -0.2) is 8.42 Å². The minimum Gasteiger partial charge on any atom is -0.282 e. The van der Waals surface area contributed by atoms with Crippen LogP contribution >= 0.6 is 27.5 Å². The zero-order chi connectivity index (χ0) is 13.3. The van der Waals surface area contributed by atoms with Crippen molar-refractivity contribution in [3.63, 3.8) is 0 Å². The molecule has 0 fully saturated rings. The maximum Gasteiger partial charge on any atom is 0.233 e. The van der Waals surface area contributed by atoms with E-state index in [9.17, 15) is 8.42 Å². The molecule has 0 heterocycles. The van der Waals surface area contributed by atoms with Gasteiger partial charge in [-0.3, -0.25) is 4.72 Å². The van der Waals surface area contributed by atoms with Crippen molar-refractivity contribution >= 4 is 43.2 Å². The van der Waals surface area contributed by atoms with E-state index in [1.54, 1.807) is 18.2 Å². The third-order valence-electron chi connectivity index (χ3n) is 1.82. The molecule has 0 aliphatic carbocycles. The highest BCUT2D eigenvalue weighted by Crippen LogP contribution is 2.27. The molecule has 0 saturated heterocycles. The van der Waals surface area contributed by atoms with Crippen LogP contribution in [0.15, 0.2) is 22.7 Å². The van der Waals surface area contributed by atoms with E-state index in [2.05, 4.69) is 20.7 Å². The van der Waals surface area contributed by atoms with E-state index < -0.39 is 10.0 Å². The zero-order valence-electron chi connectivity index (χ0n) is 9.92. The van der Waals surface area contributed by atoms with Gasteiger partial charge in [-0.2, -0.15) is 0 Å². The molecule has 1 aromatic rings. The summed E-state index contributed by atoms with van der Waals surface area (Å²) >= 11 is 9.20. The third-order valence-corrected chi connectivity index (χ3v) is 4.42. The SMILES string of the molecule is CC(C)(C)CS(=O)(=O)Nc1cc(Br)ccc1Cl. The summed E-state index contributed by atoms with van der Waals surface area (Å²) in [7, 11) is -3.39. The van der Waals surface area contributed by atoms with Crippen molar-refractivity contribution in [2.75, 3.05) is 10.5 Å². The number of rotatable bonds is 3. The van der Waals surface area contributed by atoms with Crippen LogP contribution in [0.3, 0.4) is 0 Å². The monoisotopic (exact) mass is 339 g/mol. The maximum absolute atomic E-state index is 11.9. The predicted molar refractivity (Wildman–Crippen MR) is 76.0 cm³/mol. The number of nitrogens with one attached hydrogen (secondary N) is 1. The maximum atomic E-state index is 11.9. The van der Waals surface area contributed by atoms with Gasteiger partial charge in [0, 0.05) is 4.47 Å². The van der Waals surface area contributed by atoms with E-state index in [1.807, 2.05) is 20.8 Å². The summed E-state index contributed by atoms with van der Waals surface area (Å²) in [4.78, 5) is 0. The Kier molecular flexibility index (Phi) is 4.49. The lowest BCUT2D eigenvalue weighted by atomic mass is 10.0. The molecule has 0 aliphatic heterocycles. The predicted octanol–water partition coefficient (Wildman–Crippen LogP) is 3.89. The van der Waals surface area contributed by atoms with Crippen LogP contribution in [0.5, 0.6) is 0 Å². The number of hydrogen-bond donors (Lipinski definition) is 1. The lowest BCUT2D eigenvalue weighted by Crippen LogP contribution is -2.26. The highest BCUT2D eigenvalue weighted by molar-refractivity contribution is 9.10. The number of benzene rings is 1. The Balaban J connectivity index is 2.94. The van der Waals surface area contributed by atoms with Crippen molar-refractivity contribution in [2.45, 2.75) is 20.8 Å². The molecule has 17 heavy (non-hydrogen) atoms. The van der Waals surface area contributed by atoms with E-state index in [1.165, 1.54) is 0 Å². The van der Waals surface area contributed by atoms with Crippen molar-refractivity contribution in [3.8, 4) is 0 Å². The first-order valence-corrected chi connectivity index (χ1v) is 7.87. The van der Waals surface area contributed by atoms with Crippen LogP contribution in [-0.2, 0) is 10.0 Å². The summed E-state index contributed by atoms with van der Waals surface area (Å²) in [6, 6.07) is 5.03. The standard InChI is InChI=1S/C11H15BrClNO2S/c1-11(2,3)7-17(15,16)14-10-6-8(12)4-5-9(10)13/h4-6,14H,7H2,1-3H3. The van der Waals surface area contributed by atoms with Crippen LogP contribution < -0.4 is 4.72 Å². The van der Waals surface area contributed by atoms with Gasteiger partial charge in [0.15, 0.2) is 0 Å². The second-order valence-corrected chi connectivity index (χ2v) is 8.09. The molecule has 0 unspecified atom stereocenters. The summed E-state index contributed by atoms with van der Waals surface area (Å²) in [5.74, 6) is 0.0445. The highest BCUT2D eigenvalue weighted by Gasteiger charge is 2.22. The Morgan fingerprint density at radius 3 is 2.47 bits per heavy atom. The minimum absolute atomic E-state index is 0.0445. The first-order chi connectivity index (χ1) is 7.59. The lowest BCUT2D eigenvalue weighted by molar-refractivity contribution is 0.463. The van der Waals surface area contributed by atoms with E-state index >= 15 is 0 Å². The molecule has 6 heteroatoms. The van der Waals surface area contributed by atoms with E-state index in [4.69, 9.17) is 11.6 Å². The van der Waals surface area contributed by atoms with Gasteiger partial charge in [0.05, 0.1) is 16.5 Å². The van der Waals surface area contributed by atoms with E-state index in [0.717, 1.165) is 4.47 Å². The van der Waals surface area contributed by atoms with Crippen molar-refractivity contribution in [2.24, 2.45) is 5.41 Å². The Hall–Kier alpha value is -0.260. The Labute approximate surface area is 116 Å². The van der Waals surface area contributed by atoms with Gasteiger partial charge >= 0.3 is 0 Å². The van der Waals surface area contributed by atoms with Crippen molar-refractivity contribution in [1.82, 2.24) is 0 Å². The number of anilines is 1.